The zero-order chi connectivity index (χ0) is 17.4. The molecule has 0 aliphatic carbocycles. The molecule has 25 heavy (non-hydrogen) atoms. The number of nitrogens with zero attached hydrogens (tertiary/aromatic N) is 3. The predicted octanol–water partition coefficient (Wildman–Crippen LogP) is 4.83. The van der Waals surface area contributed by atoms with Crippen molar-refractivity contribution < 1.29 is 4.42 Å². The first-order valence-corrected chi connectivity index (χ1v) is 8.13. The van der Waals surface area contributed by atoms with Gasteiger partial charge < -0.3 is 4.42 Å². The number of para-hydroxylation sites is 1. The Morgan fingerprint density at radius 2 is 1.92 bits per heavy atom. The van der Waals surface area contributed by atoms with Crippen molar-refractivity contribution in [2.24, 2.45) is 5.10 Å². The van der Waals surface area contributed by atoms with Crippen molar-refractivity contribution in [2.45, 2.75) is 20.8 Å². The Kier molecular flexibility index (Phi) is 3.69. The summed E-state index contributed by atoms with van der Waals surface area (Å²) in [6, 6.07) is 14.2. The molecule has 0 aliphatic heterocycles. The van der Waals surface area contributed by atoms with Gasteiger partial charge >= 0.3 is 0 Å². The molecule has 0 amide bonds. The molecule has 124 valence electrons. The Balaban J connectivity index is 1.74. The minimum Gasteiger partial charge on any atom is -0.450 e. The zero-order valence-corrected chi connectivity index (χ0v) is 14.4. The van der Waals surface area contributed by atoms with E-state index < -0.39 is 0 Å². The van der Waals surface area contributed by atoms with Gasteiger partial charge in [0.2, 0.25) is 0 Å². The summed E-state index contributed by atoms with van der Waals surface area (Å²) < 4.78 is 5.91. The minimum atomic E-state index is 0.561. The molecule has 0 fully saturated rings. The Hall–Kier alpha value is -3.21. The van der Waals surface area contributed by atoms with E-state index in [1.807, 2.05) is 31.2 Å². The van der Waals surface area contributed by atoms with Gasteiger partial charge in [0, 0.05) is 10.9 Å². The van der Waals surface area contributed by atoms with E-state index in [0.717, 1.165) is 27.8 Å². The molecule has 1 N–H and O–H groups in total. The van der Waals surface area contributed by atoms with Gasteiger partial charge in [0.05, 0.1) is 5.71 Å². The number of nitrogens with one attached hydrogen (secondary N) is 1. The number of fused-ring (bicyclic) bond motifs is 3. The van der Waals surface area contributed by atoms with Crippen LogP contribution in [0.2, 0.25) is 0 Å². The summed E-state index contributed by atoms with van der Waals surface area (Å²) in [5, 5.41) is 5.47. The summed E-state index contributed by atoms with van der Waals surface area (Å²) in [5.41, 5.74) is 9.62. The fraction of sp³-hybridized carbons (Fsp3) is 0.150. The lowest BCUT2D eigenvalue weighted by atomic mass is 10.0. The normalized spacial score (nSPS) is 12.0. The van der Waals surface area contributed by atoms with Gasteiger partial charge in [0.15, 0.2) is 11.4 Å². The van der Waals surface area contributed by atoms with Gasteiger partial charge in [-0.25, -0.2) is 9.97 Å². The highest BCUT2D eigenvalue weighted by Gasteiger charge is 2.12. The summed E-state index contributed by atoms with van der Waals surface area (Å²) in [6.07, 6.45) is 1.52. The van der Waals surface area contributed by atoms with Gasteiger partial charge in [-0.1, -0.05) is 29.8 Å². The average molecular weight is 330 g/mol. The smallest absolute Gasteiger partial charge is 0.197 e. The second-order valence-electron chi connectivity index (χ2n) is 6.13. The maximum Gasteiger partial charge on any atom is 0.197 e. The number of hydrogen-bond acceptors (Lipinski definition) is 5. The van der Waals surface area contributed by atoms with Crippen molar-refractivity contribution in [1.29, 1.82) is 0 Å². The summed E-state index contributed by atoms with van der Waals surface area (Å²) in [5.74, 6) is 0.561. The molecule has 2 aromatic carbocycles. The molecule has 4 aromatic rings. The summed E-state index contributed by atoms with van der Waals surface area (Å²) >= 11 is 0. The van der Waals surface area contributed by atoms with Crippen LogP contribution < -0.4 is 5.43 Å². The highest BCUT2D eigenvalue weighted by molar-refractivity contribution is 6.06. The molecule has 0 aliphatic rings. The number of aromatic nitrogens is 2. The topological polar surface area (TPSA) is 63.3 Å². The maximum atomic E-state index is 5.91. The van der Waals surface area contributed by atoms with E-state index in [2.05, 4.69) is 52.5 Å². The fourth-order valence-electron chi connectivity index (χ4n) is 2.93. The first-order valence-electron chi connectivity index (χ1n) is 8.13. The van der Waals surface area contributed by atoms with Crippen molar-refractivity contribution in [1.82, 2.24) is 9.97 Å². The molecule has 5 heteroatoms. The van der Waals surface area contributed by atoms with Crippen molar-refractivity contribution in [3.63, 3.8) is 0 Å². The number of rotatable bonds is 3. The third-order valence-electron chi connectivity index (χ3n) is 4.27. The van der Waals surface area contributed by atoms with E-state index in [1.165, 1.54) is 17.5 Å². The lowest BCUT2D eigenvalue weighted by Gasteiger charge is -2.07. The third kappa shape index (κ3) is 2.74. The molecule has 0 spiro atoms. The molecule has 5 nitrogen and oxygen atoms in total. The SMILES string of the molecule is C/C(=N/Nc1ncnc2c1oc1ccccc12)c1cc(C)ccc1C. The zero-order valence-electron chi connectivity index (χ0n) is 14.4. The molecule has 0 unspecified atom stereocenters. The molecule has 2 aromatic heterocycles. The van der Waals surface area contributed by atoms with Crippen LogP contribution in [0, 0.1) is 13.8 Å². The van der Waals surface area contributed by atoms with Crippen LogP contribution in [0.25, 0.3) is 22.1 Å². The van der Waals surface area contributed by atoms with Crippen LogP contribution in [0.5, 0.6) is 0 Å². The van der Waals surface area contributed by atoms with E-state index in [-0.39, 0.29) is 0 Å². The fourth-order valence-corrected chi connectivity index (χ4v) is 2.93. The molecular formula is C20H18N4O. The van der Waals surface area contributed by atoms with Crippen LogP contribution in [-0.4, -0.2) is 15.7 Å². The number of hydrogen-bond donors (Lipinski definition) is 1. The van der Waals surface area contributed by atoms with Crippen LogP contribution in [0.3, 0.4) is 0 Å². The first-order chi connectivity index (χ1) is 12.1. The average Bonchev–Trinajstić information content (AvgIpc) is 3.01. The van der Waals surface area contributed by atoms with Gasteiger partial charge in [-0.3, -0.25) is 5.43 Å². The van der Waals surface area contributed by atoms with Crippen molar-refractivity contribution in [3.8, 4) is 0 Å². The van der Waals surface area contributed by atoms with Crippen molar-refractivity contribution in [2.75, 3.05) is 5.43 Å². The second-order valence-corrected chi connectivity index (χ2v) is 6.13. The number of furan rings is 1. The lowest BCUT2D eigenvalue weighted by molar-refractivity contribution is 0.667. The maximum absolute atomic E-state index is 5.91. The molecule has 0 saturated heterocycles. The van der Waals surface area contributed by atoms with Crippen molar-refractivity contribution >= 4 is 33.6 Å². The van der Waals surface area contributed by atoms with Gasteiger partial charge in [-0.15, -0.1) is 0 Å². The Bertz CT molecular complexity index is 1110. The highest BCUT2D eigenvalue weighted by atomic mass is 16.3. The molecule has 0 saturated carbocycles. The highest BCUT2D eigenvalue weighted by Crippen LogP contribution is 2.30. The molecule has 4 rings (SSSR count). The number of benzene rings is 2. The van der Waals surface area contributed by atoms with E-state index in [9.17, 15) is 0 Å². The molecule has 0 radical (unpaired) electrons. The van der Waals surface area contributed by atoms with Crippen LogP contribution in [0.1, 0.15) is 23.6 Å². The minimum absolute atomic E-state index is 0.561. The Morgan fingerprint density at radius 1 is 1.08 bits per heavy atom. The Labute approximate surface area is 145 Å². The van der Waals surface area contributed by atoms with Crippen LogP contribution in [0.4, 0.5) is 5.82 Å². The quantitative estimate of drug-likeness (QED) is 0.432. The predicted molar refractivity (Wildman–Crippen MR) is 101 cm³/mol. The lowest BCUT2D eigenvalue weighted by Crippen LogP contribution is -2.03. The van der Waals surface area contributed by atoms with Gasteiger partial charge in [0.25, 0.3) is 0 Å². The van der Waals surface area contributed by atoms with Gasteiger partial charge in [-0.05, 0) is 44.5 Å². The van der Waals surface area contributed by atoms with Crippen molar-refractivity contribution in [3.05, 3.63) is 65.5 Å². The molecular weight excluding hydrogens is 312 g/mol. The molecule has 2 heterocycles. The van der Waals surface area contributed by atoms with E-state index in [0.29, 0.717) is 11.4 Å². The third-order valence-corrected chi connectivity index (χ3v) is 4.27. The monoisotopic (exact) mass is 330 g/mol. The van der Waals surface area contributed by atoms with E-state index >= 15 is 0 Å². The molecule has 0 atom stereocenters. The number of hydrazone groups is 1. The van der Waals surface area contributed by atoms with E-state index in [4.69, 9.17) is 4.42 Å². The largest absolute Gasteiger partial charge is 0.450 e. The van der Waals surface area contributed by atoms with Gasteiger partial charge in [0.1, 0.15) is 17.4 Å². The second kappa shape index (κ2) is 6.02. The number of anilines is 1. The standard InChI is InChI=1S/C20H18N4O/c1-12-8-9-13(2)16(10-12)14(3)23-24-20-19-18(21-11-22-20)15-6-4-5-7-17(15)25-19/h4-11H,1-3H3,(H,21,22,24)/b23-14-. The van der Waals surface area contributed by atoms with Crippen LogP contribution in [0.15, 0.2) is 58.3 Å². The molecule has 0 bridgehead atoms. The van der Waals surface area contributed by atoms with E-state index in [1.54, 1.807) is 0 Å². The summed E-state index contributed by atoms with van der Waals surface area (Å²) in [7, 11) is 0. The summed E-state index contributed by atoms with van der Waals surface area (Å²) in [4.78, 5) is 8.63. The van der Waals surface area contributed by atoms with Crippen LogP contribution >= 0.6 is 0 Å². The summed E-state index contributed by atoms with van der Waals surface area (Å²) in [6.45, 7) is 6.13. The number of aryl methyl sites for hydroxylation is 2. The first kappa shape index (κ1) is 15.3. The van der Waals surface area contributed by atoms with Crippen LogP contribution in [-0.2, 0) is 0 Å². The Morgan fingerprint density at radius 3 is 2.80 bits per heavy atom. The van der Waals surface area contributed by atoms with Gasteiger partial charge in [-0.2, -0.15) is 5.10 Å².